The van der Waals surface area contributed by atoms with Crippen molar-refractivity contribution in [1.82, 2.24) is 9.97 Å². The molecular weight excluding hydrogens is 351 g/mol. The van der Waals surface area contributed by atoms with Crippen molar-refractivity contribution < 1.29 is 17.9 Å². The maximum Gasteiger partial charge on any atom is 0.573 e. The minimum Gasteiger partial charge on any atom is -0.406 e. The number of halogens is 3. The van der Waals surface area contributed by atoms with E-state index < -0.39 is 6.36 Å². The highest BCUT2D eigenvalue weighted by atomic mass is 32.1. The molecule has 0 saturated heterocycles. The predicted octanol–water partition coefficient (Wildman–Crippen LogP) is 4.44. The summed E-state index contributed by atoms with van der Waals surface area (Å²) in [7, 11) is 0. The van der Waals surface area contributed by atoms with Crippen LogP contribution in [0.4, 0.5) is 19.0 Å². The number of alkyl halides is 3. The lowest BCUT2D eigenvalue weighted by atomic mass is 10.2. The van der Waals surface area contributed by atoms with E-state index in [2.05, 4.69) is 31.9 Å². The van der Waals surface area contributed by atoms with Crippen LogP contribution in [-0.2, 0) is 0 Å². The maximum absolute atomic E-state index is 12.2. The summed E-state index contributed by atoms with van der Waals surface area (Å²) in [5.74, 6) is 6.20. The van der Waals surface area contributed by atoms with E-state index in [0.717, 1.165) is 16.0 Å². The van der Waals surface area contributed by atoms with Gasteiger partial charge in [0.1, 0.15) is 22.7 Å². The highest BCUT2D eigenvalue weighted by molar-refractivity contribution is 7.16. The van der Waals surface area contributed by atoms with Crippen LogP contribution in [0.2, 0.25) is 0 Å². The zero-order valence-electron chi connectivity index (χ0n) is 12.8. The largest absolute Gasteiger partial charge is 0.573 e. The Hall–Kier alpha value is -2.79. The minimum atomic E-state index is -4.71. The first kappa shape index (κ1) is 17.0. The Morgan fingerprint density at radius 2 is 2.08 bits per heavy atom. The SMILES string of the molecule is FC(F)(F)Oc1cccc(C#CCCNc2ncnc3sccc23)c1. The zero-order valence-corrected chi connectivity index (χ0v) is 13.6. The topological polar surface area (TPSA) is 47.0 Å². The normalized spacial score (nSPS) is 11.0. The summed E-state index contributed by atoms with van der Waals surface area (Å²) in [6.45, 7) is 0.563. The first-order valence-electron chi connectivity index (χ1n) is 7.28. The number of anilines is 1. The van der Waals surface area contributed by atoms with E-state index in [4.69, 9.17) is 0 Å². The van der Waals surface area contributed by atoms with Gasteiger partial charge in [-0.25, -0.2) is 9.97 Å². The van der Waals surface area contributed by atoms with E-state index in [9.17, 15) is 13.2 Å². The molecule has 0 aliphatic heterocycles. The van der Waals surface area contributed by atoms with E-state index in [-0.39, 0.29) is 5.75 Å². The second-order valence-corrected chi connectivity index (χ2v) is 5.81. The molecule has 0 amide bonds. The Balaban J connectivity index is 1.56. The molecule has 0 aliphatic rings. The van der Waals surface area contributed by atoms with Crippen LogP contribution in [0.5, 0.6) is 5.75 Å². The number of fused-ring (bicyclic) bond motifs is 1. The van der Waals surface area contributed by atoms with Gasteiger partial charge in [0.2, 0.25) is 0 Å². The van der Waals surface area contributed by atoms with Gasteiger partial charge in [-0.2, -0.15) is 0 Å². The molecule has 0 spiro atoms. The van der Waals surface area contributed by atoms with Crippen LogP contribution in [-0.4, -0.2) is 22.9 Å². The van der Waals surface area contributed by atoms with E-state index >= 15 is 0 Å². The molecular formula is C17H12F3N3OS. The lowest BCUT2D eigenvalue weighted by Gasteiger charge is -2.08. The molecule has 0 fully saturated rings. The molecule has 3 aromatic rings. The molecule has 0 bridgehead atoms. The van der Waals surface area contributed by atoms with E-state index in [0.29, 0.717) is 18.5 Å². The first-order valence-corrected chi connectivity index (χ1v) is 8.16. The lowest BCUT2D eigenvalue weighted by Crippen LogP contribution is -2.17. The maximum atomic E-state index is 12.2. The van der Waals surface area contributed by atoms with Crippen LogP contribution in [0, 0.1) is 11.8 Å². The van der Waals surface area contributed by atoms with Gasteiger partial charge in [0, 0.05) is 18.5 Å². The molecule has 25 heavy (non-hydrogen) atoms. The van der Waals surface area contributed by atoms with Crippen LogP contribution in [0.15, 0.2) is 42.0 Å². The summed E-state index contributed by atoms with van der Waals surface area (Å²) in [5.41, 5.74) is 0.462. The molecule has 1 aromatic carbocycles. The second kappa shape index (κ2) is 7.40. The van der Waals surface area contributed by atoms with Gasteiger partial charge >= 0.3 is 6.36 Å². The second-order valence-electron chi connectivity index (χ2n) is 4.92. The van der Waals surface area contributed by atoms with E-state index in [1.807, 2.05) is 11.4 Å². The van der Waals surface area contributed by atoms with Gasteiger partial charge in [0.25, 0.3) is 0 Å². The van der Waals surface area contributed by atoms with Crippen LogP contribution in [0.3, 0.4) is 0 Å². The van der Waals surface area contributed by atoms with Gasteiger partial charge in [0.15, 0.2) is 0 Å². The summed E-state index contributed by atoms with van der Waals surface area (Å²) in [6.07, 6.45) is -2.69. The predicted molar refractivity (Wildman–Crippen MR) is 90.5 cm³/mol. The quantitative estimate of drug-likeness (QED) is 0.550. The summed E-state index contributed by atoms with van der Waals surface area (Å²) >= 11 is 1.54. The number of rotatable bonds is 4. The molecule has 2 aromatic heterocycles. The third-order valence-corrected chi connectivity index (χ3v) is 3.93. The van der Waals surface area contributed by atoms with Gasteiger partial charge < -0.3 is 10.1 Å². The van der Waals surface area contributed by atoms with Crippen molar-refractivity contribution in [3.05, 3.63) is 47.6 Å². The summed E-state index contributed by atoms with van der Waals surface area (Å²) in [6, 6.07) is 7.54. The van der Waals surface area contributed by atoms with Gasteiger partial charge in [-0.1, -0.05) is 17.9 Å². The highest BCUT2D eigenvalue weighted by Crippen LogP contribution is 2.24. The molecule has 0 radical (unpaired) electrons. The van der Waals surface area contributed by atoms with Crippen LogP contribution in [0.1, 0.15) is 12.0 Å². The number of benzene rings is 1. The highest BCUT2D eigenvalue weighted by Gasteiger charge is 2.31. The standard InChI is InChI=1S/C17H12F3N3OS/c18-17(19,20)24-13-6-3-5-12(10-13)4-1-2-8-21-15-14-7-9-25-16(14)23-11-22-15/h3,5-7,9-11H,2,8H2,(H,21,22,23). The molecule has 4 nitrogen and oxygen atoms in total. The van der Waals surface area contributed by atoms with Gasteiger partial charge in [-0.05, 0) is 29.6 Å². The number of hydrogen-bond donors (Lipinski definition) is 1. The third kappa shape index (κ3) is 4.84. The summed E-state index contributed by atoms with van der Waals surface area (Å²) in [5, 5.41) is 6.08. The average molecular weight is 363 g/mol. The lowest BCUT2D eigenvalue weighted by molar-refractivity contribution is -0.274. The molecule has 1 N–H and O–H groups in total. The fourth-order valence-electron chi connectivity index (χ4n) is 2.11. The van der Waals surface area contributed by atoms with Crippen molar-refractivity contribution in [1.29, 1.82) is 0 Å². The van der Waals surface area contributed by atoms with Crippen molar-refractivity contribution in [2.24, 2.45) is 0 Å². The fraction of sp³-hybridized carbons (Fsp3) is 0.176. The van der Waals surface area contributed by atoms with Gasteiger partial charge in [-0.15, -0.1) is 24.5 Å². The zero-order chi connectivity index (χ0) is 17.7. The Morgan fingerprint density at radius 3 is 2.92 bits per heavy atom. The Labute approximate surface area is 145 Å². The summed E-state index contributed by atoms with van der Waals surface area (Å²) in [4.78, 5) is 9.27. The van der Waals surface area contributed by atoms with Gasteiger partial charge in [0.05, 0.1) is 5.39 Å². The monoisotopic (exact) mass is 363 g/mol. The number of thiophene rings is 1. The van der Waals surface area contributed by atoms with Crippen molar-refractivity contribution in [3.63, 3.8) is 0 Å². The Kier molecular flexibility index (Phi) is 5.05. The van der Waals surface area contributed by atoms with Gasteiger partial charge in [-0.3, -0.25) is 0 Å². The summed E-state index contributed by atoms with van der Waals surface area (Å²) < 4.78 is 40.5. The number of hydrogen-bond acceptors (Lipinski definition) is 5. The molecule has 2 heterocycles. The molecule has 0 atom stereocenters. The Morgan fingerprint density at radius 1 is 1.20 bits per heavy atom. The average Bonchev–Trinajstić information content (AvgIpc) is 3.02. The molecule has 128 valence electrons. The number of aromatic nitrogens is 2. The van der Waals surface area contributed by atoms with Crippen LogP contribution in [0.25, 0.3) is 10.2 Å². The molecule has 0 saturated carbocycles. The third-order valence-electron chi connectivity index (χ3n) is 3.10. The minimum absolute atomic E-state index is 0.279. The molecule has 0 aliphatic carbocycles. The van der Waals surface area contributed by atoms with Crippen molar-refractivity contribution in [3.8, 4) is 17.6 Å². The fourth-order valence-corrected chi connectivity index (χ4v) is 2.84. The van der Waals surface area contributed by atoms with Crippen molar-refractivity contribution in [2.75, 3.05) is 11.9 Å². The molecule has 8 heteroatoms. The van der Waals surface area contributed by atoms with Crippen molar-refractivity contribution >= 4 is 27.4 Å². The van der Waals surface area contributed by atoms with E-state index in [1.165, 1.54) is 35.9 Å². The van der Waals surface area contributed by atoms with E-state index in [1.54, 1.807) is 6.07 Å². The number of ether oxygens (including phenoxy) is 1. The number of nitrogens with zero attached hydrogens (tertiary/aromatic N) is 2. The Bertz CT molecular complexity index is 928. The van der Waals surface area contributed by atoms with Crippen LogP contribution < -0.4 is 10.1 Å². The van der Waals surface area contributed by atoms with Crippen LogP contribution >= 0.6 is 11.3 Å². The molecule has 0 unspecified atom stereocenters. The van der Waals surface area contributed by atoms with Crippen molar-refractivity contribution in [2.45, 2.75) is 12.8 Å². The number of nitrogens with one attached hydrogen (secondary N) is 1. The molecule has 3 rings (SSSR count). The smallest absolute Gasteiger partial charge is 0.406 e. The first-order chi connectivity index (χ1) is 12.0.